The van der Waals surface area contributed by atoms with Crippen molar-refractivity contribution in [1.82, 2.24) is 4.90 Å². The Morgan fingerprint density at radius 2 is 2.14 bits per heavy atom. The number of halogens is 1. The second kappa shape index (κ2) is 7.27. The van der Waals surface area contributed by atoms with Gasteiger partial charge in [0.1, 0.15) is 0 Å². The van der Waals surface area contributed by atoms with Crippen LogP contribution in [0.15, 0.2) is 30.3 Å². The van der Waals surface area contributed by atoms with Crippen LogP contribution in [0.1, 0.15) is 24.8 Å². The van der Waals surface area contributed by atoms with Crippen molar-refractivity contribution < 1.29 is 14.7 Å². The molecule has 1 aliphatic rings. The summed E-state index contributed by atoms with van der Waals surface area (Å²) in [6, 6.07) is 7.35. The van der Waals surface area contributed by atoms with Crippen molar-refractivity contribution in [3.05, 3.63) is 40.9 Å². The molecule has 1 amide bonds. The number of rotatable bonds is 5. The van der Waals surface area contributed by atoms with Crippen LogP contribution in [0.3, 0.4) is 0 Å². The highest BCUT2D eigenvalue weighted by Crippen LogP contribution is 2.22. The first kappa shape index (κ1) is 15.6. The Labute approximate surface area is 129 Å². The van der Waals surface area contributed by atoms with Crippen LogP contribution in [-0.4, -0.2) is 35.0 Å². The number of aliphatic carboxylic acids is 1. The fraction of sp³-hybridized carbons (Fsp3) is 0.375. The SMILES string of the molecule is O=C(O)CCC1CCN(C(=O)/C=C/c2ccccc2Cl)C1. The zero-order valence-electron chi connectivity index (χ0n) is 11.7. The number of nitrogens with zero attached hydrogens (tertiary/aromatic N) is 1. The molecule has 21 heavy (non-hydrogen) atoms. The number of hydrogen-bond donors (Lipinski definition) is 1. The number of hydrogen-bond acceptors (Lipinski definition) is 2. The summed E-state index contributed by atoms with van der Waals surface area (Å²) in [6.45, 7) is 1.33. The van der Waals surface area contributed by atoms with Gasteiger partial charge in [0.15, 0.2) is 0 Å². The Balaban J connectivity index is 1.87. The summed E-state index contributed by atoms with van der Waals surface area (Å²) in [7, 11) is 0. The van der Waals surface area contributed by atoms with Crippen LogP contribution in [0.5, 0.6) is 0 Å². The summed E-state index contributed by atoms with van der Waals surface area (Å²) in [5.74, 6) is -0.537. The largest absolute Gasteiger partial charge is 0.481 e. The summed E-state index contributed by atoms with van der Waals surface area (Å²) in [6.07, 6.45) is 4.92. The fourth-order valence-electron chi connectivity index (χ4n) is 2.47. The molecule has 0 spiro atoms. The van der Waals surface area contributed by atoms with Crippen LogP contribution in [-0.2, 0) is 9.59 Å². The van der Waals surface area contributed by atoms with E-state index in [1.807, 2.05) is 18.2 Å². The minimum Gasteiger partial charge on any atom is -0.481 e. The van der Waals surface area contributed by atoms with E-state index in [0.717, 1.165) is 12.0 Å². The summed E-state index contributed by atoms with van der Waals surface area (Å²) >= 11 is 6.03. The van der Waals surface area contributed by atoms with Crippen LogP contribution in [0.2, 0.25) is 5.02 Å². The summed E-state index contributed by atoms with van der Waals surface area (Å²) in [5, 5.41) is 9.29. The number of likely N-dealkylation sites (tertiary alicyclic amines) is 1. The number of carbonyl (C=O) groups is 2. The van der Waals surface area contributed by atoms with Crippen molar-refractivity contribution >= 4 is 29.6 Å². The van der Waals surface area contributed by atoms with E-state index in [1.54, 1.807) is 17.0 Å². The average molecular weight is 308 g/mol. The molecule has 0 bridgehead atoms. The van der Waals surface area contributed by atoms with Crippen molar-refractivity contribution in [1.29, 1.82) is 0 Å². The first-order valence-corrected chi connectivity index (χ1v) is 7.37. The zero-order valence-corrected chi connectivity index (χ0v) is 12.4. The van der Waals surface area contributed by atoms with Gasteiger partial charge in [-0.3, -0.25) is 9.59 Å². The van der Waals surface area contributed by atoms with Crippen LogP contribution in [0, 0.1) is 5.92 Å². The van der Waals surface area contributed by atoms with Crippen molar-refractivity contribution in [3.8, 4) is 0 Å². The minimum absolute atomic E-state index is 0.0484. The quantitative estimate of drug-likeness (QED) is 0.851. The van der Waals surface area contributed by atoms with Gasteiger partial charge in [0, 0.05) is 30.6 Å². The molecule has 1 aromatic carbocycles. The molecule has 0 radical (unpaired) electrons. The molecule has 0 saturated carbocycles. The Morgan fingerprint density at radius 1 is 1.38 bits per heavy atom. The summed E-state index contributed by atoms with van der Waals surface area (Å²) < 4.78 is 0. The maximum Gasteiger partial charge on any atom is 0.303 e. The molecule has 1 aliphatic heterocycles. The van der Waals surface area contributed by atoms with Gasteiger partial charge < -0.3 is 10.0 Å². The average Bonchev–Trinajstić information content (AvgIpc) is 2.93. The zero-order chi connectivity index (χ0) is 15.2. The predicted octanol–water partition coefficient (Wildman–Crippen LogP) is 3.07. The molecule has 1 aromatic rings. The lowest BCUT2D eigenvalue weighted by Crippen LogP contribution is -2.26. The van der Waals surface area contributed by atoms with E-state index < -0.39 is 5.97 Å². The lowest BCUT2D eigenvalue weighted by molar-refractivity contribution is -0.137. The fourth-order valence-corrected chi connectivity index (χ4v) is 2.67. The monoisotopic (exact) mass is 307 g/mol. The van der Waals surface area contributed by atoms with E-state index in [0.29, 0.717) is 30.5 Å². The first-order valence-electron chi connectivity index (χ1n) is 6.99. The number of amides is 1. The summed E-state index contributed by atoms with van der Waals surface area (Å²) in [5.41, 5.74) is 0.814. The number of benzene rings is 1. The van der Waals surface area contributed by atoms with E-state index in [1.165, 1.54) is 6.08 Å². The topological polar surface area (TPSA) is 57.6 Å². The second-order valence-corrected chi connectivity index (χ2v) is 5.63. The molecule has 4 nitrogen and oxygen atoms in total. The minimum atomic E-state index is -0.779. The van der Waals surface area contributed by atoms with Gasteiger partial charge in [0.25, 0.3) is 0 Å². The van der Waals surface area contributed by atoms with Gasteiger partial charge in [-0.15, -0.1) is 0 Å². The molecule has 1 atom stereocenters. The van der Waals surface area contributed by atoms with Gasteiger partial charge in [-0.2, -0.15) is 0 Å². The Kier molecular flexibility index (Phi) is 5.39. The first-order chi connectivity index (χ1) is 10.1. The molecule has 0 aromatic heterocycles. The highest BCUT2D eigenvalue weighted by molar-refractivity contribution is 6.32. The molecule has 1 saturated heterocycles. The number of carboxylic acids is 1. The molecular formula is C16H18ClNO3. The van der Waals surface area contributed by atoms with Gasteiger partial charge in [0.05, 0.1) is 0 Å². The van der Waals surface area contributed by atoms with Crippen LogP contribution in [0.25, 0.3) is 6.08 Å². The molecular weight excluding hydrogens is 290 g/mol. The Morgan fingerprint density at radius 3 is 2.86 bits per heavy atom. The van der Waals surface area contributed by atoms with Gasteiger partial charge >= 0.3 is 5.97 Å². The van der Waals surface area contributed by atoms with Gasteiger partial charge in [-0.05, 0) is 36.5 Å². The smallest absolute Gasteiger partial charge is 0.303 e. The molecule has 0 aliphatic carbocycles. The second-order valence-electron chi connectivity index (χ2n) is 5.23. The molecule has 5 heteroatoms. The van der Waals surface area contributed by atoms with E-state index in [4.69, 9.17) is 16.7 Å². The molecule has 1 N–H and O–H groups in total. The van der Waals surface area contributed by atoms with Gasteiger partial charge in [-0.1, -0.05) is 29.8 Å². The number of carboxylic acid groups (broad SMARTS) is 1. The molecule has 1 fully saturated rings. The Hall–Kier alpha value is -1.81. The van der Waals surface area contributed by atoms with Crippen molar-refractivity contribution in [3.63, 3.8) is 0 Å². The van der Waals surface area contributed by atoms with E-state index in [-0.39, 0.29) is 12.3 Å². The van der Waals surface area contributed by atoms with Crippen molar-refractivity contribution in [2.24, 2.45) is 5.92 Å². The van der Waals surface area contributed by atoms with Crippen molar-refractivity contribution in [2.75, 3.05) is 13.1 Å². The van der Waals surface area contributed by atoms with Gasteiger partial charge in [0.2, 0.25) is 5.91 Å². The molecule has 1 unspecified atom stereocenters. The molecule has 2 rings (SSSR count). The standard InChI is InChI=1S/C16H18ClNO3/c17-14-4-2-1-3-13(14)6-7-15(19)18-10-9-12(11-18)5-8-16(20)21/h1-4,6-7,12H,5,8-11H2,(H,20,21)/b7-6+. The highest BCUT2D eigenvalue weighted by Gasteiger charge is 2.25. The third-order valence-electron chi connectivity index (χ3n) is 3.67. The predicted molar refractivity (Wildman–Crippen MR) is 82.0 cm³/mol. The maximum absolute atomic E-state index is 12.1. The maximum atomic E-state index is 12.1. The lowest BCUT2D eigenvalue weighted by Gasteiger charge is -2.14. The normalized spacial score (nSPS) is 18.3. The third-order valence-corrected chi connectivity index (χ3v) is 4.02. The van der Waals surface area contributed by atoms with Crippen LogP contribution < -0.4 is 0 Å². The molecule has 112 valence electrons. The van der Waals surface area contributed by atoms with E-state index >= 15 is 0 Å². The Bertz CT molecular complexity index is 556. The lowest BCUT2D eigenvalue weighted by atomic mass is 10.0. The number of carbonyl (C=O) groups excluding carboxylic acids is 1. The van der Waals surface area contributed by atoms with E-state index in [2.05, 4.69) is 0 Å². The van der Waals surface area contributed by atoms with Gasteiger partial charge in [-0.25, -0.2) is 0 Å². The van der Waals surface area contributed by atoms with Crippen molar-refractivity contribution in [2.45, 2.75) is 19.3 Å². The van der Waals surface area contributed by atoms with Crippen LogP contribution in [0.4, 0.5) is 0 Å². The highest BCUT2D eigenvalue weighted by atomic mass is 35.5. The van der Waals surface area contributed by atoms with Crippen LogP contribution >= 0.6 is 11.6 Å². The van der Waals surface area contributed by atoms with E-state index in [9.17, 15) is 9.59 Å². The summed E-state index contributed by atoms with van der Waals surface area (Å²) in [4.78, 5) is 24.4. The molecule has 1 heterocycles. The third kappa shape index (κ3) is 4.60.